The van der Waals surface area contributed by atoms with Crippen LogP contribution < -0.4 is 5.73 Å². The number of hydrogen-bond donors (Lipinski definition) is 1. The molecule has 0 unspecified atom stereocenters. The van der Waals surface area contributed by atoms with Crippen LogP contribution in [0.15, 0.2) is 60.7 Å². The quantitative estimate of drug-likeness (QED) is 0.287. The summed E-state index contributed by atoms with van der Waals surface area (Å²) in [7, 11) is 0. The molecule has 2 N–H and O–H groups in total. The summed E-state index contributed by atoms with van der Waals surface area (Å²) < 4.78 is 0. The average Bonchev–Trinajstić information content (AvgIpc) is 2.45. The number of fused-ring (bicyclic) bond motifs is 4. The first kappa shape index (κ1) is 10.3. The Hall–Kier alpha value is -2.61. The Morgan fingerprint density at radius 3 is 2.47 bits per heavy atom. The van der Waals surface area contributed by atoms with Crippen molar-refractivity contribution in [3.05, 3.63) is 60.7 Å². The van der Waals surface area contributed by atoms with Crippen molar-refractivity contribution < 1.29 is 0 Å². The molecule has 2 heteroatoms. The predicted molar refractivity (Wildman–Crippen MR) is 81.2 cm³/mol. The molecule has 0 aliphatic rings. The minimum atomic E-state index is 0.772. The molecule has 0 saturated heterocycles. The van der Waals surface area contributed by atoms with Gasteiger partial charge in [-0.1, -0.05) is 30.3 Å². The van der Waals surface area contributed by atoms with Crippen LogP contribution in [0.25, 0.3) is 32.6 Å². The third-order valence-electron chi connectivity index (χ3n) is 3.54. The van der Waals surface area contributed by atoms with Crippen molar-refractivity contribution in [2.45, 2.75) is 0 Å². The highest BCUT2D eigenvalue weighted by Gasteiger charge is 2.04. The molecule has 0 spiro atoms. The first-order valence-electron chi connectivity index (χ1n) is 6.29. The van der Waals surface area contributed by atoms with Gasteiger partial charge < -0.3 is 5.73 Å². The van der Waals surface area contributed by atoms with Gasteiger partial charge in [-0.3, -0.25) is 0 Å². The molecule has 4 aromatic rings. The molecule has 3 aromatic carbocycles. The number of anilines is 1. The maximum atomic E-state index is 5.85. The Labute approximate surface area is 110 Å². The molecule has 0 amide bonds. The van der Waals surface area contributed by atoms with Gasteiger partial charge in [0, 0.05) is 16.5 Å². The van der Waals surface area contributed by atoms with Gasteiger partial charge in [-0.15, -0.1) is 0 Å². The van der Waals surface area contributed by atoms with E-state index < -0.39 is 0 Å². The van der Waals surface area contributed by atoms with E-state index in [9.17, 15) is 0 Å². The minimum Gasteiger partial charge on any atom is -0.399 e. The third-order valence-corrected chi connectivity index (χ3v) is 3.54. The number of hydrogen-bond acceptors (Lipinski definition) is 2. The first-order chi connectivity index (χ1) is 9.31. The zero-order chi connectivity index (χ0) is 12.8. The van der Waals surface area contributed by atoms with E-state index in [1.807, 2.05) is 18.2 Å². The van der Waals surface area contributed by atoms with Crippen LogP contribution in [-0.4, -0.2) is 4.98 Å². The smallest absolute Gasteiger partial charge is 0.0716 e. The van der Waals surface area contributed by atoms with Crippen LogP contribution in [0.5, 0.6) is 0 Å². The summed E-state index contributed by atoms with van der Waals surface area (Å²) in [5, 5.41) is 4.73. The van der Waals surface area contributed by atoms with Gasteiger partial charge in [-0.25, -0.2) is 4.98 Å². The van der Waals surface area contributed by atoms with Crippen molar-refractivity contribution in [1.29, 1.82) is 0 Å². The highest BCUT2D eigenvalue weighted by atomic mass is 14.7. The number of nitrogens with zero attached hydrogens (tertiary/aromatic N) is 1. The highest BCUT2D eigenvalue weighted by molar-refractivity contribution is 6.09. The lowest BCUT2D eigenvalue weighted by Crippen LogP contribution is -1.87. The van der Waals surface area contributed by atoms with E-state index in [4.69, 9.17) is 10.7 Å². The fourth-order valence-corrected chi connectivity index (χ4v) is 2.61. The molecule has 0 atom stereocenters. The topological polar surface area (TPSA) is 38.9 Å². The van der Waals surface area contributed by atoms with Crippen molar-refractivity contribution in [2.24, 2.45) is 0 Å². The second-order valence-corrected chi connectivity index (χ2v) is 4.79. The molecule has 1 heterocycles. The van der Waals surface area contributed by atoms with E-state index in [-0.39, 0.29) is 0 Å². The SMILES string of the molecule is Nc1ccc2nc3ccc4ccccc4c3cc2c1. The molecule has 0 aliphatic heterocycles. The molecule has 0 saturated carbocycles. The van der Waals surface area contributed by atoms with Gasteiger partial charge >= 0.3 is 0 Å². The van der Waals surface area contributed by atoms with Crippen LogP contribution in [0, 0.1) is 0 Å². The van der Waals surface area contributed by atoms with Gasteiger partial charge in [0.05, 0.1) is 11.0 Å². The van der Waals surface area contributed by atoms with Crippen LogP contribution in [-0.2, 0) is 0 Å². The second-order valence-electron chi connectivity index (χ2n) is 4.79. The van der Waals surface area contributed by atoms with Gasteiger partial charge in [0.25, 0.3) is 0 Å². The second kappa shape index (κ2) is 3.69. The van der Waals surface area contributed by atoms with Crippen molar-refractivity contribution in [3.8, 4) is 0 Å². The maximum Gasteiger partial charge on any atom is 0.0716 e. The maximum absolute atomic E-state index is 5.85. The molecule has 2 nitrogen and oxygen atoms in total. The summed E-state index contributed by atoms with van der Waals surface area (Å²) in [5.41, 5.74) is 8.63. The lowest BCUT2D eigenvalue weighted by atomic mass is 10.0. The molecule has 1 aromatic heterocycles. The van der Waals surface area contributed by atoms with Gasteiger partial charge in [0.2, 0.25) is 0 Å². The molecule has 0 fully saturated rings. The summed E-state index contributed by atoms with van der Waals surface area (Å²) in [6.07, 6.45) is 0. The van der Waals surface area contributed by atoms with Gasteiger partial charge in [-0.2, -0.15) is 0 Å². The molecule has 90 valence electrons. The number of aromatic nitrogens is 1. The zero-order valence-electron chi connectivity index (χ0n) is 10.3. The number of rotatable bonds is 0. The van der Waals surface area contributed by atoms with Crippen LogP contribution >= 0.6 is 0 Å². The number of nitrogens with two attached hydrogens (primary N) is 1. The molecule has 0 bridgehead atoms. The van der Waals surface area contributed by atoms with Gasteiger partial charge in [-0.05, 0) is 41.1 Å². The summed E-state index contributed by atoms with van der Waals surface area (Å²) in [5.74, 6) is 0. The standard InChI is InChI=1S/C17H12N2/c18-13-6-8-16-12(9-13)10-15-14-4-2-1-3-11(14)5-7-17(15)19-16/h1-10H,18H2. The van der Waals surface area contributed by atoms with Crippen molar-refractivity contribution >= 4 is 38.3 Å². The molecule has 0 aliphatic carbocycles. The van der Waals surface area contributed by atoms with E-state index >= 15 is 0 Å². The minimum absolute atomic E-state index is 0.772. The number of benzene rings is 3. The van der Waals surface area contributed by atoms with E-state index in [1.54, 1.807) is 0 Å². The fraction of sp³-hybridized carbons (Fsp3) is 0. The van der Waals surface area contributed by atoms with Crippen molar-refractivity contribution in [2.75, 3.05) is 5.73 Å². The predicted octanol–water partition coefficient (Wildman–Crippen LogP) is 4.12. The van der Waals surface area contributed by atoms with Gasteiger partial charge in [0.1, 0.15) is 0 Å². The lowest BCUT2D eigenvalue weighted by Gasteiger charge is -2.06. The van der Waals surface area contributed by atoms with E-state index in [1.165, 1.54) is 16.2 Å². The molecular weight excluding hydrogens is 232 g/mol. The Morgan fingerprint density at radius 1 is 0.684 bits per heavy atom. The summed E-state index contributed by atoms with van der Waals surface area (Å²) in [6, 6.07) is 20.6. The molecule has 4 rings (SSSR count). The van der Waals surface area contributed by atoms with E-state index in [2.05, 4.69) is 42.5 Å². The summed E-state index contributed by atoms with van der Waals surface area (Å²) >= 11 is 0. The van der Waals surface area contributed by atoms with Gasteiger partial charge in [0.15, 0.2) is 0 Å². The van der Waals surface area contributed by atoms with E-state index in [0.717, 1.165) is 22.1 Å². The van der Waals surface area contributed by atoms with Crippen molar-refractivity contribution in [1.82, 2.24) is 4.98 Å². The highest BCUT2D eigenvalue weighted by Crippen LogP contribution is 2.27. The Morgan fingerprint density at radius 2 is 1.53 bits per heavy atom. The third kappa shape index (κ3) is 1.54. The largest absolute Gasteiger partial charge is 0.399 e. The molecule has 19 heavy (non-hydrogen) atoms. The number of nitrogen functional groups attached to an aromatic ring is 1. The molecular formula is C17H12N2. The van der Waals surface area contributed by atoms with E-state index in [0.29, 0.717) is 0 Å². The first-order valence-corrected chi connectivity index (χ1v) is 6.29. The van der Waals surface area contributed by atoms with Crippen LogP contribution in [0.4, 0.5) is 5.69 Å². The normalized spacial score (nSPS) is 11.4. The summed E-state index contributed by atoms with van der Waals surface area (Å²) in [6.45, 7) is 0. The number of pyridine rings is 1. The fourth-order valence-electron chi connectivity index (χ4n) is 2.61. The average molecular weight is 244 g/mol. The van der Waals surface area contributed by atoms with Crippen LogP contribution in [0.1, 0.15) is 0 Å². The summed E-state index contributed by atoms with van der Waals surface area (Å²) in [4.78, 5) is 4.71. The Balaban J connectivity index is 2.23. The monoisotopic (exact) mass is 244 g/mol. The Bertz CT molecular complexity index is 926. The molecule has 0 radical (unpaired) electrons. The zero-order valence-corrected chi connectivity index (χ0v) is 10.3. The van der Waals surface area contributed by atoms with Crippen LogP contribution in [0.3, 0.4) is 0 Å². The van der Waals surface area contributed by atoms with Crippen LogP contribution in [0.2, 0.25) is 0 Å². The lowest BCUT2D eigenvalue weighted by molar-refractivity contribution is 1.51. The van der Waals surface area contributed by atoms with Crippen molar-refractivity contribution in [3.63, 3.8) is 0 Å². The Kier molecular flexibility index (Phi) is 2.00.